The average molecular weight is 606 g/mol. The van der Waals surface area contributed by atoms with E-state index in [1.165, 1.54) is 197 Å². The molecule has 0 heterocycles. The van der Waals surface area contributed by atoms with Crippen LogP contribution in [0.4, 0.5) is 0 Å². The molecule has 0 unspecified atom stereocenters. The zero-order chi connectivity index (χ0) is 30.9. The third-order valence-electron chi connectivity index (χ3n) is 8.44. The number of rotatable bonds is 31. The molecule has 6 heteroatoms. The Hall–Kier alpha value is -0.170. The lowest BCUT2D eigenvalue weighted by atomic mass is 10.0. The van der Waals surface area contributed by atoms with Crippen molar-refractivity contribution < 1.29 is 21.6 Å². The van der Waals surface area contributed by atoms with E-state index in [2.05, 4.69) is 32.1 Å². The van der Waals surface area contributed by atoms with Crippen molar-refractivity contribution >= 4 is 10.4 Å². The fraction of sp³-hybridized carbons (Fsp3) is 1.00. The van der Waals surface area contributed by atoms with Gasteiger partial charge in [0.25, 0.3) is 0 Å². The summed E-state index contributed by atoms with van der Waals surface area (Å²) in [7, 11) is 1.32. The van der Waals surface area contributed by atoms with Crippen LogP contribution < -0.4 is 0 Å². The van der Waals surface area contributed by atoms with Gasteiger partial charge < -0.3 is 9.04 Å². The van der Waals surface area contributed by atoms with Gasteiger partial charge in [-0.15, -0.1) is 0 Å². The number of hydrogen-bond acceptors (Lipinski definition) is 4. The van der Waals surface area contributed by atoms with Gasteiger partial charge in [-0.3, -0.25) is 4.18 Å². The topological polar surface area (TPSA) is 66.4 Å². The Bertz CT molecular complexity index is 561. The lowest BCUT2D eigenvalue weighted by Gasteiger charge is -2.30. The van der Waals surface area contributed by atoms with Crippen molar-refractivity contribution in [2.75, 3.05) is 34.3 Å². The molecule has 0 aromatic rings. The number of unbranched alkanes of at least 4 members (excludes halogenated alkanes) is 26. The van der Waals surface area contributed by atoms with E-state index in [9.17, 15) is 13.0 Å². The summed E-state index contributed by atoms with van der Waals surface area (Å²) in [4.78, 5) is 0. The molecule has 0 aliphatic rings. The highest BCUT2D eigenvalue weighted by Crippen LogP contribution is 2.15. The van der Waals surface area contributed by atoms with Gasteiger partial charge in [0.1, 0.15) is 0 Å². The fourth-order valence-electron chi connectivity index (χ4n) is 5.58. The Morgan fingerprint density at radius 2 is 0.610 bits per heavy atom. The monoisotopic (exact) mass is 606 g/mol. The molecule has 0 aliphatic carbocycles. The second kappa shape index (κ2) is 32.7. The highest BCUT2D eigenvalue weighted by atomic mass is 32.3. The quantitative estimate of drug-likeness (QED) is 0.0341. The molecule has 0 atom stereocenters. The van der Waals surface area contributed by atoms with E-state index in [1.807, 2.05) is 0 Å². The maximum atomic E-state index is 9.22. The Morgan fingerprint density at radius 1 is 0.439 bits per heavy atom. The Morgan fingerprint density at radius 3 is 0.780 bits per heavy atom. The van der Waals surface area contributed by atoms with Crippen LogP contribution in [0.1, 0.15) is 194 Å². The minimum atomic E-state index is -4.41. The van der Waals surface area contributed by atoms with E-state index in [4.69, 9.17) is 0 Å². The maximum absolute atomic E-state index is 9.22. The normalized spacial score (nSPS) is 12.0. The summed E-state index contributed by atoms with van der Waals surface area (Å²) in [6, 6.07) is 0. The average Bonchev–Trinajstić information content (AvgIpc) is 2.93. The van der Waals surface area contributed by atoms with Crippen LogP contribution in [0.2, 0.25) is 0 Å². The van der Waals surface area contributed by atoms with Gasteiger partial charge in [-0.25, -0.2) is 8.42 Å². The smallest absolute Gasteiger partial charge is 0.217 e. The van der Waals surface area contributed by atoms with Crippen molar-refractivity contribution in [1.29, 1.82) is 0 Å². The molecule has 0 aromatic heterocycles. The van der Waals surface area contributed by atoms with Crippen LogP contribution in [-0.4, -0.2) is 51.7 Å². The number of hydrogen-bond donors (Lipinski definition) is 0. The molecule has 0 rings (SSSR count). The zero-order valence-corrected chi connectivity index (χ0v) is 29.5. The first kappa shape index (κ1) is 43.0. The molecule has 0 radical (unpaired) electrons. The van der Waals surface area contributed by atoms with Crippen LogP contribution in [0.5, 0.6) is 0 Å². The van der Waals surface area contributed by atoms with E-state index >= 15 is 0 Å². The summed E-state index contributed by atoms with van der Waals surface area (Å²) in [6.07, 6.45) is 40.9. The fourth-order valence-corrected chi connectivity index (χ4v) is 5.58. The van der Waals surface area contributed by atoms with E-state index in [0.29, 0.717) is 0 Å². The van der Waals surface area contributed by atoms with Gasteiger partial charge in [-0.1, -0.05) is 168 Å². The molecule has 250 valence electrons. The summed E-state index contributed by atoms with van der Waals surface area (Å²) in [6.45, 7) is 7.38. The van der Waals surface area contributed by atoms with Crippen LogP contribution in [0.25, 0.3) is 0 Å². The standard InChI is InChI=1S/C34H72N.CH4O4S/c1-5-7-9-11-13-15-17-19-21-23-25-27-29-31-33-35(3,4)34-32-30-28-26-24-22-20-18-16-14-12-10-8-6-2;1-5-6(2,3)4/h5-34H2,1-4H3;1H3,(H,2,3,4)/q+1;/p-1. The Labute approximate surface area is 259 Å². The molecule has 5 nitrogen and oxygen atoms in total. The van der Waals surface area contributed by atoms with E-state index in [-0.39, 0.29) is 0 Å². The van der Waals surface area contributed by atoms with Crippen molar-refractivity contribution in [2.24, 2.45) is 0 Å². The van der Waals surface area contributed by atoms with E-state index in [1.54, 1.807) is 0 Å². The number of quaternary nitrogens is 1. The summed E-state index contributed by atoms with van der Waals surface area (Å²) in [5, 5.41) is 0. The first-order chi connectivity index (χ1) is 19.7. The van der Waals surface area contributed by atoms with E-state index in [0.717, 1.165) is 7.11 Å². The molecule has 0 saturated carbocycles. The minimum absolute atomic E-state index is 0.808. The molecule has 0 bridgehead atoms. The van der Waals surface area contributed by atoms with Gasteiger partial charge >= 0.3 is 0 Å². The maximum Gasteiger partial charge on any atom is 0.217 e. The minimum Gasteiger partial charge on any atom is -0.726 e. The number of nitrogens with zero attached hydrogens (tertiary/aromatic N) is 1. The van der Waals surface area contributed by atoms with Crippen molar-refractivity contribution in [2.45, 2.75) is 194 Å². The Balaban J connectivity index is 0. The zero-order valence-electron chi connectivity index (χ0n) is 28.7. The van der Waals surface area contributed by atoms with Crippen LogP contribution in [0.15, 0.2) is 0 Å². The van der Waals surface area contributed by atoms with Gasteiger partial charge in [0.15, 0.2) is 0 Å². The second-order valence-electron chi connectivity index (χ2n) is 13.2. The van der Waals surface area contributed by atoms with Crippen LogP contribution >= 0.6 is 0 Å². The summed E-state index contributed by atoms with van der Waals surface area (Å²) in [5.41, 5.74) is 0. The third kappa shape index (κ3) is 42.0. The van der Waals surface area contributed by atoms with Crippen molar-refractivity contribution in [3.05, 3.63) is 0 Å². The Kier molecular flexibility index (Phi) is 34.3. The predicted octanol–water partition coefficient (Wildman–Crippen LogP) is 11.1. The van der Waals surface area contributed by atoms with E-state index < -0.39 is 10.4 Å². The first-order valence-electron chi connectivity index (χ1n) is 18.0. The molecule has 0 N–H and O–H groups in total. The molecule has 0 spiro atoms. The second-order valence-corrected chi connectivity index (χ2v) is 14.3. The lowest BCUT2D eigenvalue weighted by Crippen LogP contribution is -2.41. The summed E-state index contributed by atoms with van der Waals surface area (Å²) < 4.78 is 32.3. The van der Waals surface area contributed by atoms with Gasteiger partial charge in [-0.05, 0) is 25.7 Å². The first-order valence-corrected chi connectivity index (χ1v) is 19.3. The van der Waals surface area contributed by atoms with Gasteiger partial charge in [0.05, 0.1) is 34.3 Å². The van der Waals surface area contributed by atoms with Crippen LogP contribution in [-0.2, 0) is 14.6 Å². The molecule has 41 heavy (non-hydrogen) atoms. The summed E-state index contributed by atoms with van der Waals surface area (Å²) in [5.74, 6) is 0. The van der Waals surface area contributed by atoms with Gasteiger partial charge in [-0.2, -0.15) is 0 Å². The molecule has 0 amide bonds. The highest BCUT2D eigenvalue weighted by Gasteiger charge is 2.13. The predicted molar refractivity (Wildman–Crippen MR) is 179 cm³/mol. The van der Waals surface area contributed by atoms with Crippen LogP contribution in [0.3, 0.4) is 0 Å². The molecular formula is C35H75NO4S. The molecular weight excluding hydrogens is 530 g/mol. The van der Waals surface area contributed by atoms with Gasteiger partial charge in [0.2, 0.25) is 10.4 Å². The molecule has 0 aromatic carbocycles. The van der Waals surface area contributed by atoms with Crippen LogP contribution in [0, 0.1) is 0 Å². The van der Waals surface area contributed by atoms with Crippen molar-refractivity contribution in [3.63, 3.8) is 0 Å². The molecule has 0 saturated heterocycles. The molecule has 0 fully saturated rings. The summed E-state index contributed by atoms with van der Waals surface area (Å²) >= 11 is 0. The molecule has 0 aliphatic heterocycles. The van der Waals surface area contributed by atoms with Gasteiger partial charge in [0, 0.05) is 0 Å². The SMILES string of the molecule is CCCCCCCCCCCCCCCC[N+](C)(C)CCCCCCCCCCCCCCCC.COS(=O)(=O)[O-]. The lowest BCUT2D eigenvalue weighted by molar-refractivity contribution is -0.890. The largest absolute Gasteiger partial charge is 0.726 e. The van der Waals surface area contributed by atoms with Crippen molar-refractivity contribution in [3.8, 4) is 0 Å². The van der Waals surface area contributed by atoms with Crippen molar-refractivity contribution in [1.82, 2.24) is 0 Å². The highest BCUT2D eigenvalue weighted by molar-refractivity contribution is 7.80. The third-order valence-corrected chi connectivity index (χ3v) is 8.85.